The van der Waals surface area contributed by atoms with E-state index in [1.54, 1.807) is 24.4 Å². The number of ether oxygens (including phenoxy) is 1. The number of piperidine rings is 1. The second-order valence-corrected chi connectivity index (χ2v) is 11.7. The monoisotopic (exact) mass is 570 g/mol. The van der Waals surface area contributed by atoms with Crippen molar-refractivity contribution in [2.24, 2.45) is 0 Å². The highest BCUT2D eigenvalue weighted by molar-refractivity contribution is 6.36. The Kier molecular flexibility index (Phi) is 9.33. The van der Waals surface area contributed by atoms with Gasteiger partial charge in [-0.15, -0.1) is 0 Å². The quantitative estimate of drug-likeness (QED) is 0.303. The maximum absolute atomic E-state index is 12.6. The fourth-order valence-electron chi connectivity index (χ4n) is 4.59. The summed E-state index contributed by atoms with van der Waals surface area (Å²) >= 11 is 12.6. The zero-order valence-corrected chi connectivity index (χ0v) is 24.3. The van der Waals surface area contributed by atoms with Crippen molar-refractivity contribution in [2.75, 3.05) is 24.6 Å². The van der Waals surface area contributed by atoms with E-state index >= 15 is 0 Å². The average molecular weight is 572 g/mol. The zero-order chi connectivity index (χ0) is 28.2. The summed E-state index contributed by atoms with van der Waals surface area (Å²) in [6, 6.07) is 13.6. The first-order chi connectivity index (χ1) is 18.5. The zero-order valence-electron chi connectivity index (χ0n) is 22.8. The van der Waals surface area contributed by atoms with Crippen molar-refractivity contribution in [2.45, 2.75) is 64.4 Å². The molecular formula is C29H36Cl2N6O2. The number of carbonyl (C=O) groups is 1. The third kappa shape index (κ3) is 7.82. The number of nitrogen functional groups attached to an aromatic ring is 1. The summed E-state index contributed by atoms with van der Waals surface area (Å²) in [6.07, 6.45) is 3.36. The highest BCUT2D eigenvalue weighted by Gasteiger charge is 2.32. The van der Waals surface area contributed by atoms with E-state index in [1.165, 1.54) is 5.56 Å². The molecule has 4 N–H and O–H groups in total. The summed E-state index contributed by atoms with van der Waals surface area (Å²) in [7, 11) is 2.10. The van der Waals surface area contributed by atoms with Crippen molar-refractivity contribution in [3.05, 3.63) is 69.8 Å². The number of halogens is 2. The van der Waals surface area contributed by atoms with E-state index in [-0.39, 0.29) is 18.1 Å². The van der Waals surface area contributed by atoms with Crippen molar-refractivity contribution in [3.8, 4) is 11.3 Å². The van der Waals surface area contributed by atoms with Gasteiger partial charge in [-0.2, -0.15) is 0 Å². The van der Waals surface area contributed by atoms with E-state index in [1.807, 2.05) is 32.9 Å². The molecule has 39 heavy (non-hydrogen) atoms. The number of rotatable bonds is 8. The molecule has 0 bridgehead atoms. The van der Waals surface area contributed by atoms with Crippen LogP contribution in [0.1, 0.15) is 44.7 Å². The van der Waals surface area contributed by atoms with E-state index in [0.717, 1.165) is 37.1 Å². The maximum atomic E-state index is 12.6. The first-order valence-electron chi connectivity index (χ1n) is 13.1. The molecular weight excluding hydrogens is 535 g/mol. The molecule has 0 spiro atoms. The molecule has 2 aromatic carbocycles. The Morgan fingerprint density at radius 1 is 1.18 bits per heavy atom. The third-order valence-electron chi connectivity index (χ3n) is 6.67. The van der Waals surface area contributed by atoms with Gasteiger partial charge >= 0.3 is 5.97 Å². The third-order valence-corrected chi connectivity index (χ3v) is 7.38. The van der Waals surface area contributed by atoms with E-state index < -0.39 is 5.60 Å². The molecule has 1 fully saturated rings. The number of nitrogens with two attached hydrogens (primary N) is 1. The molecule has 10 heteroatoms. The van der Waals surface area contributed by atoms with Crippen LogP contribution in [0.4, 0.5) is 11.6 Å². The summed E-state index contributed by atoms with van der Waals surface area (Å²) in [6.45, 7) is 7.61. The predicted molar refractivity (Wildman–Crippen MR) is 158 cm³/mol. The second-order valence-electron chi connectivity index (χ2n) is 10.9. The molecule has 0 saturated carbocycles. The van der Waals surface area contributed by atoms with E-state index in [4.69, 9.17) is 33.7 Å². The van der Waals surface area contributed by atoms with Gasteiger partial charge in [0.25, 0.3) is 0 Å². The maximum Gasteiger partial charge on any atom is 0.323 e. The highest BCUT2D eigenvalue weighted by atomic mass is 35.5. The molecule has 1 saturated heterocycles. The molecule has 0 radical (unpaired) electrons. The van der Waals surface area contributed by atoms with Gasteiger partial charge in [0.15, 0.2) is 11.6 Å². The van der Waals surface area contributed by atoms with Crippen molar-refractivity contribution in [1.29, 1.82) is 0 Å². The molecule has 208 valence electrons. The first kappa shape index (κ1) is 29.1. The fraction of sp³-hybridized carbons (Fsp3) is 0.414. The molecule has 2 atom stereocenters. The van der Waals surface area contributed by atoms with Gasteiger partial charge in [0, 0.05) is 40.3 Å². The van der Waals surface area contributed by atoms with Gasteiger partial charge in [0.05, 0.1) is 11.9 Å². The van der Waals surface area contributed by atoms with Crippen LogP contribution in [0.5, 0.6) is 0 Å². The number of benzene rings is 2. The number of hydrogen-bond donors (Lipinski definition) is 3. The number of aromatic nitrogens is 2. The van der Waals surface area contributed by atoms with Crippen LogP contribution in [0.25, 0.3) is 11.3 Å². The summed E-state index contributed by atoms with van der Waals surface area (Å²) in [5.41, 5.74) is 9.16. The Bertz CT molecular complexity index is 1280. The average Bonchev–Trinajstić information content (AvgIpc) is 2.89. The molecule has 1 aromatic heterocycles. The smallest absolute Gasteiger partial charge is 0.323 e. The number of esters is 1. The van der Waals surface area contributed by atoms with Gasteiger partial charge in [0.1, 0.15) is 11.6 Å². The fourth-order valence-corrected chi connectivity index (χ4v) is 5.12. The van der Waals surface area contributed by atoms with Crippen molar-refractivity contribution in [3.63, 3.8) is 0 Å². The molecule has 1 aliphatic rings. The van der Waals surface area contributed by atoms with Gasteiger partial charge in [-0.3, -0.25) is 9.69 Å². The molecule has 8 nitrogen and oxygen atoms in total. The molecule has 0 amide bonds. The minimum Gasteiger partial charge on any atom is -0.459 e. The van der Waals surface area contributed by atoms with Crippen molar-refractivity contribution < 1.29 is 9.53 Å². The van der Waals surface area contributed by atoms with Crippen LogP contribution in [-0.4, -0.2) is 52.1 Å². The van der Waals surface area contributed by atoms with Crippen LogP contribution in [0.15, 0.2) is 48.7 Å². The SMILES string of the molecule is CN(Cc1ccc(-c2cnc(N)c(NCc3c(Cl)cccc3Cl)n2)cc1)C1CCNC(C(=O)OC(C)(C)C)C1. The predicted octanol–water partition coefficient (Wildman–Crippen LogP) is 5.54. The van der Waals surface area contributed by atoms with Crippen LogP contribution >= 0.6 is 23.2 Å². The highest BCUT2D eigenvalue weighted by Crippen LogP contribution is 2.27. The minimum atomic E-state index is -0.492. The minimum absolute atomic E-state index is 0.182. The van der Waals surface area contributed by atoms with Crippen molar-refractivity contribution in [1.82, 2.24) is 20.2 Å². The second kappa shape index (κ2) is 12.5. The van der Waals surface area contributed by atoms with Crippen LogP contribution in [-0.2, 0) is 22.6 Å². The Morgan fingerprint density at radius 2 is 1.87 bits per heavy atom. The van der Waals surface area contributed by atoms with Crippen LogP contribution in [0.3, 0.4) is 0 Å². The van der Waals surface area contributed by atoms with Crippen molar-refractivity contribution >= 4 is 40.8 Å². The summed E-state index contributed by atoms with van der Waals surface area (Å²) in [5.74, 6) is 0.586. The lowest BCUT2D eigenvalue weighted by Crippen LogP contribution is -2.51. The number of anilines is 2. The normalized spacial score (nSPS) is 17.7. The number of nitrogens with one attached hydrogen (secondary N) is 2. The van der Waals surface area contributed by atoms with E-state index in [2.05, 4.69) is 44.7 Å². The number of carbonyl (C=O) groups excluding carboxylic acids is 1. The van der Waals surface area contributed by atoms with Gasteiger partial charge in [-0.1, -0.05) is 53.5 Å². The van der Waals surface area contributed by atoms with Gasteiger partial charge in [0.2, 0.25) is 0 Å². The lowest BCUT2D eigenvalue weighted by Gasteiger charge is -2.36. The van der Waals surface area contributed by atoms with E-state index in [9.17, 15) is 4.79 Å². The standard InChI is InChI=1S/C29H36Cl2N6O2/c1-29(2,3)39-28(38)24-14-20(12-13-33-24)37(4)17-18-8-10-19(11-9-18)25-16-34-26(32)27(36-25)35-15-21-22(30)6-5-7-23(21)31/h5-11,16,20,24,33H,12-15,17H2,1-4H3,(H2,32,34)(H,35,36). The van der Waals surface area contributed by atoms with Gasteiger partial charge in [-0.25, -0.2) is 9.97 Å². The molecule has 1 aliphatic heterocycles. The van der Waals surface area contributed by atoms with Gasteiger partial charge in [-0.05, 0) is 64.9 Å². The number of hydrogen-bond acceptors (Lipinski definition) is 8. The van der Waals surface area contributed by atoms with Crippen LogP contribution in [0.2, 0.25) is 10.0 Å². The Hall–Kier alpha value is -2.91. The Labute approximate surface area is 240 Å². The van der Waals surface area contributed by atoms with Gasteiger partial charge < -0.3 is 21.1 Å². The Balaban J connectivity index is 1.38. The lowest BCUT2D eigenvalue weighted by molar-refractivity contribution is -0.158. The summed E-state index contributed by atoms with van der Waals surface area (Å²) < 4.78 is 5.59. The molecule has 2 unspecified atom stereocenters. The Morgan fingerprint density at radius 3 is 2.54 bits per heavy atom. The summed E-state index contributed by atoms with van der Waals surface area (Å²) in [5, 5.41) is 7.66. The number of nitrogens with zero attached hydrogens (tertiary/aromatic N) is 3. The largest absolute Gasteiger partial charge is 0.459 e. The topological polar surface area (TPSA) is 105 Å². The molecule has 3 aromatic rings. The summed E-state index contributed by atoms with van der Waals surface area (Å²) in [4.78, 5) is 23.9. The molecule has 0 aliphatic carbocycles. The molecule has 4 rings (SSSR count). The lowest BCUT2D eigenvalue weighted by atomic mass is 9.97. The van der Waals surface area contributed by atoms with E-state index in [0.29, 0.717) is 33.9 Å². The van der Waals surface area contributed by atoms with Crippen LogP contribution < -0.4 is 16.4 Å². The first-order valence-corrected chi connectivity index (χ1v) is 13.8. The van der Waals surface area contributed by atoms with Crippen LogP contribution in [0, 0.1) is 0 Å². The molecule has 2 heterocycles.